The number of aryl methyl sites for hydroxylation is 3. The number of hydrogen-bond donors (Lipinski definition) is 1. The van der Waals surface area contributed by atoms with E-state index in [0.717, 1.165) is 5.56 Å². The number of hydrogen-bond acceptors (Lipinski definition) is 4. The summed E-state index contributed by atoms with van der Waals surface area (Å²) in [5.41, 5.74) is 4.29. The van der Waals surface area contributed by atoms with Crippen molar-refractivity contribution in [3.63, 3.8) is 0 Å². The summed E-state index contributed by atoms with van der Waals surface area (Å²) in [7, 11) is 1.31. The molecule has 0 spiro atoms. The van der Waals surface area contributed by atoms with Crippen molar-refractivity contribution in [2.45, 2.75) is 27.7 Å². The number of rotatable bonds is 5. The van der Waals surface area contributed by atoms with E-state index in [0.29, 0.717) is 28.3 Å². The van der Waals surface area contributed by atoms with Gasteiger partial charge in [-0.15, -0.1) is 0 Å². The molecule has 0 bridgehead atoms. The number of esters is 1. The van der Waals surface area contributed by atoms with Crippen LogP contribution in [0.1, 0.15) is 43.2 Å². The fraction of sp³-hybridized carbons (Fsp3) is 0.333. The van der Waals surface area contributed by atoms with Crippen molar-refractivity contribution >= 4 is 11.8 Å². The largest absolute Gasteiger partial charge is 0.485 e. The molecule has 0 saturated carbocycles. The van der Waals surface area contributed by atoms with E-state index in [2.05, 4.69) is 4.98 Å². The monoisotopic (exact) mass is 315 g/mol. The molecule has 23 heavy (non-hydrogen) atoms. The standard InChI is InChI=1S/C18H21NO4/c1-10-6-7-14(8-11(10)2)23-9-15(20)16-12(3)17(18(21)22-5)19-13(16)4/h6-8,19H,9H2,1-5H3. The molecule has 1 heterocycles. The Hall–Kier alpha value is -2.56. The van der Waals surface area contributed by atoms with Crippen LogP contribution in [-0.4, -0.2) is 30.5 Å². The second-order valence-electron chi connectivity index (χ2n) is 5.57. The second kappa shape index (κ2) is 6.69. The van der Waals surface area contributed by atoms with Crippen molar-refractivity contribution in [1.82, 2.24) is 4.98 Å². The highest BCUT2D eigenvalue weighted by Gasteiger charge is 2.22. The summed E-state index contributed by atoms with van der Waals surface area (Å²) < 4.78 is 10.3. The van der Waals surface area contributed by atoms with Crippen molar-refractivity contribution < 1.29 is 19.1 Å². The van der Waals surface area contributed by atoms with Gasteiger partial charge in [-0.2, -0.15) is 0 Å². The Morgan fingerprint density at radius 1 is 1.09 bits per heavy atom. The minimum absolute atomic E-state index is 0.0807. The Morgan fingerprint density at radius 2 is 1.78 bits per heavy atom. The zero-order valence-electron chi connectivity index (χ0n) is 14.1. The molecule has 2 aromatic rings. The second-order valence-corrected chi connectivity index (χ2v) is 5.57. The third-order valence-electron chi connectivity index (χ3n) is 3.95. The first kappa shape index (κ1) is 16.8. The normalized spacial score (nSPS) is 10.5. The van der Waals surface area contributed by atoms with Crippen LogP contribution in [0.25, 0.3) is 0 Å². The highest BCUT2D eigenvalue weighted by Crippen LogP contribution is 2.21. The smallest absolute Gasteiger partial charge is 0.354 e. The molecule has 1 aromatic carbocycles. The number of carbonyl (C=O) groups is 2. The van der Waals surface area contributed by atoms with E-state index in [1.165, 1.54) is 12.7 Å². The van der Waals surface area contributed by atoms with Crippen LogP contribution in [0.3, 0.4) is 0 Å². The first-order valence-corrected chi connectivity index (χ1v) is 7.36. The topological polar surface area (TPSA) is 68.4 Å². The quantitative estimate of drug-likeness (QED) is 0.679. The molecule has 0 radical (unpaired) electrons. The van der Waals surface area contributed by atoms with Gasteiger partial charge in [0.2, 0.25) is 5.78 Å². The first-order chi connectivity index (χ1) is 10.8. The fourth-order valence-corrected chi connectivity index (χ4v) is 2.50. The van der Waals surface area contributed by atoms with E-state index >= 15 is 0 Å². The lowest BCUT2D eigenvalue weighted by Gasteiger charge is -2.08. The van der Waals surface area contributed by atoms with Crippen LogP contribution in [-0.2, 0) is 4.74 Å². The first-order valence-electron chi connectivity index (χ1n) is 7.36. The summed E-state index contributed by atoms with van der Waals surface area (Å²) in [5, 5.41) is 0. The summed E-state index contributed by atoms with van der Waals surface area (Å²) >= 11 is 0. The molecule has 0 aliphatic heterocycles. The van der Waals surface area contributed by atoms with E-state index in [-0.39, 0.29) is 12.4 Å². The number of benzene rings is 1. The molecule has 1 aromatic heterocycles. The van der Waals surface area contributed by atoms with Gasteiger partial charge in [-0.1, -0.05) is 6.07 Å². The molecular formula is C18H21NO4. The zero-order chi connectivity index (χ0) is 17.1. The summed E-state index contributed by atoms with van der Waals surface area (Å²) in [4.78, 5) is 27.0. The Kier molecular flexibility index (Phi) is 4.89. The summed E-state index contributed by atoms with van der Waals surface area (Å²) in [5.74, 6) is -0.00941. The maximum Gasteiger partial charge on any atom is 0.354 e. The van der Waals surface area contributed by atoms with Gasteiger partial charge >= 0.3 is 5.97 Å². The van der Waals surface area contributed by atoms with E-state index in [4.69, 9.17) is 9.47 Å². The SMILES string of the molecule is COC(=O)c1[nH]c(C)c(C(=O)COc2ccc(C)c(C)c2)c1C. The van der Waals surface area contributed by atoms with Gasteiger partial charge in [0.05, 0.1) is 7.11 Å². The number of ketones is 1. The van der Waals surface area contributed by atoms with Crippen molar-refractivity contribution in [3.05, 3.63) is 51.8 Å². The Labute approximate surface area is 135 Å². The summed E-state index contributed by atoms with van der Waals surface area (Å²) in [6.07, 6.45) is 0. The van der Waals surface area contributed by atoms with E-state index in [9.17, 15) is 9.59 Å². The predicted octanol–water partition coefficient (Wildman–Crippen LogP) is 3.30. The summed E-state index contributed by atoms with van der Waals surface area (Å²) in [6, 6.07) is 5.70. The molecule has 1 N–H and O–H groups in total. The molecule has 5 nitrogen and oxygen atoms in total. The molecule has 0 saturated heterocycles. The number of ether oxygens (including phenoxy) is 2. The van der Waals surface area contributed by atoms with Gasteiger partial charge in [0.25, 0.3) is 0 Å². The number of aromatic nitrogens is 1. The van der Waals surface area contributed by atoms with E-state index < -0.39 is 5.97 Å². The third-order valence-corrected chi connectivity index (χ3v) is 3.95. The molecule has 0 fully saturated rings. The highest BCUT2D eigenvalue weighted by molar-refractivity contribution is 6.03. The van der Waals surface area contributed by atoms with Gasteiger partial charge in [0.1, 0.15) is 11.4 Å². The average Bonchev–Trinajstić information content (AvgIpc) is 2.82. The molecule has 122 valence electrons. The lowest BCUT2D eigenvalue weighted by molar-refractivity contribution is 0.0594. The molecule has 0 aliphatic carbocycles. The number of methoxy groups -OCH3 is 1. The number of aromatic amines is 1. The number of Topliss-reactive ketones (excluding diaryl/α,β-unsaturated/α-hetero) is 1. The Balaban J connectivity index is 2.16. The lowest BCUT2D eigenvalue weighted by Crippen LogP contribution is -2.13. The van der Waals surface area contributed by atoms with Gasteiger partial charge in [0.15, 0.2) is 6.61 Å². The van der Waals surface area contributed by atoms with E-state index in [1.54, 1.807) is 13.8 Å². The van der Waals surface area contributed by atoms with Crippen molar-refractivity contribution in [1.29, 1.82) is 0 Å². The Bertz CT molecular complexity index is 759. The van der Waals surface area contributed by atoms with Gasteiger partial charge < -0.3 is 14.5 Å². The van der Waals surface area contributed by atoms with Crippen LogP contribution in [0, 0.1) is 27.7 Å². The minimum Gasteiger partial charge on any atom is -0.485 e. The molecule has 5 heteroatoms. The fourth-order valence-electron chi connectivity index (χ4n) is 2.50. The lowest BCUT2D eigenvalue weighted by atomic mass is 10.1. The molecule has 0 atom stereocenters. The van der Waals surface area contributed by atoms with Gasteiger partial charge in [0, 0.05) is 11.3 Å². The van der Waals surface area contributed by atoms with Crippen molar-refractivity contribution in [3.8, 4) is 5.75 Å². The highest BCUT2D eigenvalue weighted by atomic mass is 16.5. The van der Waals surface area contributed by atoms with Crippen LogP contribution in [0.4, 0.5) is 0 Å². The van der Waals surface area contributed by atoms with Crippen LogP contribution >= 0.6 is 0 Å². The van der Waals surface area contributed by atoms with Gasteiger partial charge in [-0.3, -0.25) is 4.79 Å². The van der Waals surface area contributed by atoms with Gasteiger partial charge in [-0.25, -0.2) is 4.79 Å². The molecule has 0 aliphatic rings. The Morgan fingerprint density at radius 3 is 2.39 bits per heavy atom. The zero-order valence-corrected chi connectivity index (χ0v) is 14.1. The predicted molar refractivity (Wildman–Crippen MR) is 87.3 cm³/mol. The third kappa shape index (κ3) is 3.44. The van der Waals surface area contributed by atoms with Crippen molar-refractivity contribution in [2.75, 3.05) is 13.7 Å². The maximum atomic E-state index is 12.4. The van der Waals surface area contributed by atoms with Crippen LogP contribution in [0.2, 0.25) is 0 Å². The van der Waals surface area contributed by atoms with Gasteiger partial charge in [-0.05, 0) is 56.5 Å². The maximum absolute atomic E-state index is 12.4. The summed E-state index contributed by atoms with van der Waals surface area (Å²) in [6.45, 7) is 7.41. The minimum atomic E-state index is -0.486. The van der Waals surface area contributed by atoms with Crippen LogP contribution < -0.4 is 4.74 Å². The van der Waals surface area contributed by atoms with Crippen molar-refractivity contribution in [2.24, 2.45) is 0 Å². The molecule has 2 rings (SSSR count). The average molecular weight is 315 g/mol. The molecule has 0 amide bonds. The van der Waals surface area contributed by atoms with Crippen LogP contribution in [0.15, 0.2) is 18.2 Å². The molecular weight excluding hydrogens is 294 g/mol. The van der Waals surface area contributed by atoms with Crippen LogP contribution in [0.5, 0.6) is 5.75 Å². The number of H-pyrrole nitrogens is 1. The number of nitrogens with one attached hydrogen (secondary N) is 1. The number of carbonyl (C=O) groups excluding carboxylic acids is 2. The molecule has 0 unspecified atom stereocenters. The van der Waals surface area contributed by atoms with E-state index in [1.807, 2.05) is 32.0 Å².